The molecule has 1 saturated carbocycles. The van der Waals surface area contributed by atoms with E-state index in [4.69, 9.17) is 5.11 Å². The fraction of sp³-hybridized carbons (Fsp3) is 0.562. The van der Waals surface area contributed by atoms with Gasteiger partial charge in [0.15, 0.2) is 0 Å². The first kappa shape index (κ1) is 14.9. The minimum atomic E-state index is -0.504. The van der Waals surface area contributed by atoms with Gasteiger partial charge in [0.05, 0.1) is 6.10 Å². The number of urea groups is 1. The Morgan fingerprint density at radius 1 is 1.35 bits per heavy atom. The molecule has 4 heteroatoms. The zero-order valence-electron chi connectivity index (χ0n) is 12.0. The van der Waals surface area contributed by atoms with Gasteiger partial charge in [0.25, 0.3) is 0 Å². The third-order valence-electron chi connectivity index (χ3n) is 3.80. The summed E-state index contributed by atoms with van der Waals surface area (Å²) in [6.45, 7) is 1.96. The van der Waals surface area contributed by atoms with E-state index in [1.54, 1.807) is 6.92 Å². The van der Waals surface area contributed by atoms with Crippen LogP contribution in [0, 0.1) is 5.92 Å². The Balaban J connectivity index is 1.71. The number of carbonyl (C=O) groups is 1. The molecule has 0 saturated heterocycles. The smallest absolute Gasteiger partial charge is 0.315 e. The molecule has 1 aliphatic rings. The number of hydrogen-bond donors (Lipinski definition) is 3. The van der Waals surface area contributed by atoms with Gasteiger partial charge in [0.1, 0.15) is 0 Å². The Labute approximate surface area is 120 Å². The van der Waals surface area contributed by atoms with E-state index in [9.17, 15) is 4.79 Å². The lowest BCUT2D eigenvalue weighted by atomic mass is 9.98. The summed E-state index contributed by atoms with van der Waals surface area (Å²) in [5, 5.41) is 14.8. The van der Waals surface area contributed by atoms with Crippen LogP contribution in [0.15, 0.2) is 30.3 Å². The Morgan fingerprint density at radius 3 is 2.80 bits per heavy atom. The van der Waals surface area contributed by atoms with Crippen LogP contribution < -0.4 is 10.6 Å². The van der Waals surface area contributed by atoms with Crippen molar-refractivity contribution in [3.8, 4) is 0 Å². The van der Waals surface area contributed by atoms with Crippen LogP contribution in [0.1, 0.15) is 31.7 Å². The molecule has 1 aromatic rings. The number of nitrogens with one attached hydrogen (secondary N) is 2. The molecule has 0 radical (unpaired) electrons. The number of aliphatic hydroxyl groups is 1. The maximum Gasteiger partial charge on any atom is 0.315 e. The summed E-state index contributed by atoms with van der Waals surface area (Å²) in [6, 6.07) is 10.6. The molecule has 2 rings (SSSR count). The molecule has 1 fully saturated rings. The van der Waals surface area contributed by atoms with E-state index in [1.807, 2.05) is 6.07 Å². The fourth-order valence-electron chi connectivity index (χ4n) is 2.82. The predicted octanol–water partition coefficient (Wildman–Crippen LogP) is 2.08. The van der Waals surface area contributed by atoms with E-state index in [-0.39, 0.29) is 12.1 Å². The molecule has 2 amide bonds. The first-order valence-electron chi connectivity index (χ1n) is 7.40. The molecule has 20 heavy (non-hydrogen) atoms. The fourth-order valence-corrected chi connectivity index (χ4v) is 2.82. The van der Waals surface area contributed by atoms with Gasteiger partial charge in [0, 0.05) is 12.6 Å². The molecule has 0 bridgehead atoms. The second-order valence-corrected chi connectivity index (χ2v) is 5.77. The molecule has 3 N–H and O–H groups in total. The topological polar surface area (TPSA) is 61.4 Å². The quantitative estimate of drug-likeness (QED) is 0.771. The Kier molecular flexibility index (Phi) is 5.41. The summed E-state index contributed by atoms with van der Waals surface area (Å²) in [5.74, 6) is 0.652. The molecule has 0 aliphatic heterocycles. The van der Waals surface area contributed by atoms with Gasteiger partial charge in [-0.25, -0.2) is 4.79 Å². The van der Waals surface area contributed by atoms with Gasteiger partial charge in [-0.2, -0.15) is 0 Å². The largest absolute Gasteiger partial charge is 0.392 e. The van der Waals surface area contributed by atoms with Crippen LogP contribution in [0.5, 0.6) is 0 Å². The lowest BCUT2D eigenvalue weighted by Gasteiger charge is -2.15. The molecule has 0 spiro atoms. The number of aliphatic hydroxyl groups excluding tert-OH is 1. The van der Waals surface area contributed by atoms with E-state index in [0.29, 0.717) is 12.5 Å². The summed E-state index contributed by atoms with van der Waals surface area (Å²) >= 11 is 0. The zero-order valence-corrected chi connectivity index (χ0v) is 12.0. The molecular formula is C16H24N2O2. The first-order chi connectivity index (χ1) is 9.63. The van der Waals surface area contributed by atoms with E-state index in [0.717, 1.165) is 25.7 Å². The van der Waals surface area contributed by atoms with Crippen molar-refractivity contribution in [2.24, 2.45) is 5.92 Å². The SMILES string of the molecule is C[C@@H](O)CNC(=O)N[C@@H]1CC[C@H](Cc2ccccc2)C1. The molecule has 110 valence electrons. The van der Waals surface area contributed by atoms with Crippen LogP contribution in [0.2, 0.25) is 0 Å². The third-order valence-corrected chi connectivity index (χ3v) is 3.80. The Hall–Kier alpha value is -1.55. The van der Waals surface area contributed by atoms with E-state index in [2.05, 4.69) is 34.9 Å². The summed E-state index contributed by atoms with van der Waals surface area (Å²) < 4.78 is 0. The molecule has 0 aromatic heterocycles. The Bertz CT molecular complexity index is 420. The van der Waals surface area contributed by atoms with Gasteiger partial charge < -0.3 is 15.7 Å². The van der Waals surface area contributed by atoms with Crippen molar-refractivity contribution in [2.75, 3.05) is 6.54 Å². The standard InChI is InChI=1S/C16H24N2O2/c1-12(19)11-17-16(20)18-15-8-7-14(10-15)9-13-5-3-2-4-6-13/h2-6,12,14-15,19H,7-11H2,1H3,(H2,17,18,20)/t12-,14-,15-/m1/s1. The van der Waals surface area contributed by atoms with Crippen molar-refractivity contribution < 1.29 is 9.90 Å². The molecule has 1 aliphatic carbocycles. The third kappa shape index (κ3) is 4.85. The van der Waals surface area contributed by atoms with E-state index >= 15 is 0 Å². The number of rotatable bonds is 5. The van der Waals surface area contributed by atoms with E-state index in [1.165, 1.54) is 5.56 Å². The number of hydrogen-bond acceptors (Lipinski definition) is 2. The minimum Gasteiger partial charge on any atom is -0.392 e. The van der Waals surface area contributed by atoms with Crippen molar-refractivity contribution >= 4 is 6.03 Å². The Morgan fingerprint density at radius 2 is 2.10 bits per heavy atom. The van der Waals surface area contributed by atoms with E-state index < -0.39 is 6.10 Å². The van der Waals surface area contributed by atoms with Crippen LogP contribution >= 0.6 is 0 Å². The number of amides is 2. The second-order valence-electron chi connectivity index (χ2n) is 5.77. The summed E-state index contributed by atoms with van der Waals surface area (Å²) in [5.41, 5.74) is 1.37. The monoisotopic (exact) mass is 276 g/mol. The van der Waals surface area contributed by atoms with Gasteiger partial charge in [-0.05, 0) is 44.1 Å². The van der Waals surface area contributed by atoms with Crippen molar-refractivity contribution in [1.29, 1.82) is 0 Å². The molecule has 1 aromatic carbocycles. The zero-order chi connectivity index (χ0) is 14.4. The second kappa shape index (κ2) is 7.29. The van der Waals surface area contributed by atoms with Crippen LogP contribution in [0.25, 0.3) is 0 Å². The lowest BCUT2D eigenvalue weighted by Crippen LogP contribution is -2.43. The number of benzene rings is 1. The molecular weight excluding hydrogens is 252 g/mol. The van der Waals surface area contributed by atoms with Gasteiger partial charge in [0.2, 0.25) is 0 Å². The molecule has 3 atom stereocenters. The van der Waals surface area contributed by atoms with Gasteiger partial charge in [-0.1, -0.05) is 30.3 Å². The van der Waals surface area contributed by atoms with Gasteiger partial charge in [-0.15, -0.1) is 0 Å². The van der Waals surface area contributed by atoms with Crippen LogP contribution in [-0.2, 0) is 6.42 Å². The van der Waals surface area contributed by atoms with Crippen LogP contribution in [0.3, 0.4) is 0 Å². The predicted molar refractivity (Wildman–Crippen MR) is 79.5 cm³/mol. The summed E-state index contributed by atoms with van der Waals surface area (Å²) in [6.07, 6.45) is 3.83. The highest BCUT2D eigenvalue weighted by molar-refractivity contribution is 5.74. The molecule has 4 nitrogen and oxygen atoms in total. The van der Waals surface area contributed by atoms with Crippen molar-refractivity contribution in [1.82, 2.24) is 10.6 Å². The highest BCUT2D eigenvalue weighted by atomic mass is 16.3. The molecule has 0 unspecified atom stereocenters. The molecule has 0 heterocycles. The van der Waals surface area contributed by atoms with Gasteiger partial charge in [-0.3, -0.25) is 0 Å². The lowest BCUT2D eigenvalue weighted by molar-refractivity contribution is 0.186. The highest BCUT2D eigenvalue weighted by Crippen LogP contribution is 2.28. The average molecular weight is 276 g/mol. The number of carbonyl (C=O) groups excluding carboxylic acids is 1. The minimum absolute atomic E-state index is 0.170. The summed E-state index contributed by atoms with van der Waals surface area (Å²) in [7, 11) is 0. The normalized spacial score (nSPS) is 23.3. The maximum absolute atomic E-state index is 11.6. The highest BCUT2D eigenvalue weighted by Gasteiger charge is 2.25. The average Bonchev–Trinajstić information content (AvgIpc) is 2.85. The van der Waals surface area contributed by atoms with Crippen LogP contribution in [-0.4, -0.2) is 29.8 Å². The van der Waals surface area contributed by atoms with Crippen molar-refractivity contribution in [2.45, 2.75) is 44.8 Å². The summed E-state index contributed by atoms with van der Waals surface area (Å²) in [4.78, 5) is 11.6. The van der Waals surface area contributed by atoms with Crippen LogP contribution in [0.4, 0.5) is 4.79 Å². The van der Waals surface area contributed by atoms with Gasteiger partial charge >= 0.3 is 6.03 Å². The first-order valence-corrected chi connectivity index (χ1v) is 7.40. The van der Waals surface area contributed by atoms with Crippen molar-refractivity contribution in [3.05, 3.63) is 35.9 Å². The maximum atomic E-state index is 11.6. The van der Waals surface area contributed by atoms with Crippen molar-refractivity contribution in [3.63, 3.8) is 0 Å².